The van der Waals surface area contributed by atoms with Gasteiger partial charge in [-0.05, 0) is 78.6 Å². The molecule has 182 valence electrons. The third-order valence-corrected chi connectivity index (χ3v) is 8.49. The molecule has 2 amide bonds. The Kier molecular flexibility index (Phi) is 10.1. The molecule has 1 heterocycles. The smallest absolute Gasteiger partial charge is 0.261 e. The maximum Gasteiger partial charge on any atom is 0.261 e. The average Bonchev–Trinajstić information content (AvgIpc) is 2.82. The van der Waals surface area contributed by atoms with Gasteiger partial charge in [0, 0.05) is 17.8 Å². The molecule has 6 nitrogen and oxygen atoms in total. The van der Waals surface area contributed by atoms with Crippen LogP contribution in [0.4, 0.5) is 0 Å². The maximum atomic E-state index is 13.4. The number of hydrogen-bond acceptors (Lipinski definition) is 5. The molecule has 1 N–H and O–H groups in total. The zero-order valence-corrected chi connectivity index (χ0v) is 22.3. The first-order chi connectivity index (χ1) is 16.0. The third kappa shape index (κ3) is 6.99. The predicted octanol–water partition coefficient (Wildman–Crippen LogP) is 4.53. The average molecular weight is 539 g/mol. The molecule has 33 heavy (non-hydrogen) atoms. The van der Waals surface area contributed by atoms with Crippen molar-refractivity contribution >= 4 is 45.6 Å². The molecule has 2 aliphatic rings. The van der Waals surface area contributed by atoms with E-state index in [1.807, 2.05) is 29.2 Å². The van der Waals surface area contributed by atoms with Crippen LogP contribution in [0.15, 0.2) is 27.6 Å². The van der Waals surface area contributed by atoms with E-state index in [2.05, 4.69) is 40.0 Å². The Morgan fingerprint density at radius 1 is 1.30 bits per heavy atom. The number of carbonyl (C=O) groups is 2. The number of hydrogen-bond donors (Lipinski definition) is 1. The van der Waals surface area contributed by atoms with Gasteiger partial charge >= 0.3 is 0 Å². The van der Waals surface area contributed by atoms with Gasteiger partial charge in [-0.1, -0.05) is 32.8 Å². The summed E-state index contributed by atoms with van der Waals surface area (Å²) in [4.78, 5) is 31.1. The summed E-state index contributed by atoms with van der Waals surface area (Å²) < 4.78 is 6.16. The summed E-state index contributed by atoms with van der Waals surface area (Å²) >= 11 is 5.20. The van der Waals surface area contributed by atoms with Gasteiger partial charge in [0.1, 0.15) is 12.3 Å². The van der Waals surface area contributed by atoms with Gasteiger partial charge in [-0.15, -0.1) is 11.8 Å². The second kappa shape index (κ2) is 12.8. The minimum atomic E-state index is -0.0642. The van der Waals surface area contributed by atoms with Crippen molar-refractivity contribution in [2.45, 2.75) is 57.2 Å². The largest absolute Gasteiger partial charge is 0.496 e. The van der Waals surface area contributed by atoms with Gasteiger partial charge < -0.3 is 19.9 Å². The van der Waals surface area contributed by atoms with Crippen molar-refractivity contribution in [1.82, 2.24) is 15.1 Å². The maximum absolute atomic E-state index is 13.4. The van der Waals surface area contributed by atoms with E-state index in [9.17, 15) is 9.59 Å². The van der Waals surface area contributed by atoms with Crippen molar-refractivity contribution in [3.8, 4) is 5.75 Å². The molecule has 3 rings (SSSR count). The van der Waals surface area contributed by atoms with E-state index >= 15 is 0 Å². The SMILES string of the molecule is CCN(CC)CCCNC(=O)CN1C(=O)/C(=C\c2ccc(OC)c(Br)c2)SC2CCCCC21. The van der Waals surface area contributed by atoms with Crippen LogP contribution >= 0.6 is 27.7 Å². The fourth-order valence-electron chi connectivity index (χ4n) is 4.57. The second-order valence-corrected chi connectivity index (χ2v) is 10.7. The Bertz CT molecular complexity index is 859. The van der Waals surface area contributed by atoms with Crippen LogP contribution in [0.1, 0.15) is 51.5 Å². The van der Waals surface area contributed by atoms with Crippen LogP contribution in [0.3, 0.4) is 0 Å². The number of fused-ring (bicyclic) bond motifs is 1. The number of carbonyl (C=O) groups excluding carboxylic acids is 2. The molecule has 8 heteroatoms. The van der Waals surface area contributed by atoms with Crippen LogP contribution in [-0.4, -0.2) is 72.7 Å². The molecule has 2 unspecified atom stereocenters. The highest BCUT2D eigenvalue weighted by Crippen LogP contribution is 2.42. The number of nitrogens with zero attached hydrogens (tertiary/aromatic N) is 2. The summed E-state index contributed by atoms with van der Waals surface area (Å²) in [6.45, 7) is 8.09. The van der Waals surface area contributed by atoms with Crippen molar-refractivity contribution in [2.24, 2.45) is 0 Å². The summed E-state index contributed by atoms with van der Waals surface area (Å²) in [5, 5.41) is 3.38. The van der Waals surface area contributed by atoms with Crippen LogP contribution in [-0.2, 0) is 9.59 Å². The Hall–Kier alpha value is -1.51. The van der Waals surface area contributed by atoms with Crippen molar-refractivity contribution in [3.05, 3.63) is 33.1 Å². The molecule has 0 radical (unpaired) electrons. The first-order valence-corrected chi connectivity index (χ1v) is 13.7. The van der Waals surface area contributed by atoms with Gasteiger partial charge in [0.05, 0.1) is 16.5 Å². The van der Waals surface area contributed by atoms with Crippen molar-refractivity contribution < 1.29 is 14.3 Å². The van der Waals surface area contributed by atoms with Crippen molar-refractivity contribution in [3.63, 3.8) is 0 Å². The fraction of sp³-hybridized carbons (Fsp3) is 0.600. The Labute approximate surface area is 210 Å². The first kappa shape index (κ1) is 26.1. The van der Waals surface area contributed by atoms with Gasteiger partial charge in [-0.3, -0.25) is 9.59 Å². The first-order valence-electron chi connectivity index (χ1n) is 12.0. The van der Waals surface area contributed by atoms with E-state index in [-0.39, 0.29) is 24.4 Å². The Morgan fingerprint density at radius 3 is 2.76 bits per heavy atom. The minimum Gasteiger partial charge on any atom is -0.496 e. The van der Waals surface area contributed by atoms with Gasteiger partial charge in [0.2, 0.25) is 5.91 Å². The Morgan fingerprint density at radius 2 is 2.06 bits per heavy atom. The molecular formula is C25H36BrN3O3S. The number of thioether (sulfide) groups is 1. The van der Waals surface area contributed by atoms with E-state index in [4.69, 9.17) is 4.74 Å². The number of nitrogens with one attached hydrogen (secondary N) is 1. The molecular weight excluding hydrogens is 502 g/mol. The molecule has 0 aromatic heterocycles. The predicted molar refractivity (Wildman–Crippen MR) is 139 cm³/mol. The van der Waals surface area contributed by atoms with Gasteiger partial charge in [-0.2, -0.15) is 0 Å². The second-order valence-electron chi connectivity index (χ2n) is 8.57. The lowest BCUT2D eigenvalue weighted by Crippen LogP contribution is -2.54. The number of benzene rings is 1. The zero-order chi connectivity index (χ0) is 23.8. The van der Waals surface area contributed by atoms with Crippen molar-refractivity contribution in [1.29, 1.82) is 0 Å². The highest BCUT2D eigenvalue weighted by molar-refractivity contribution is 9.10. The van der Waals surface area contributed by atoms with E-state index < -0.39 is 0 Å². The number of rotatable bonds is 10. The fourth-order valence-corrected chi connectivity index (χ4v) is 6.60. The highest BCUT2D eigenvalue weighted by Gasteiger charge is 2.41. The molecule has 1 aliphatic carbocycles. The van der Waals surface area contributed by atoms with E-state index in [1.54, 1.807) is 18.9 Å². The zero-order valence-electron chi connectivity index (χ0n) is 19.9. The third-order valence-electron chi connectivity index (χ3n) is 6.47. The monoisotopic (exact) mass is 537 g/mol. The van der Waals surface area contributed by atoms with Crippen molar-refractivity contribution in [2.75, 3.05) is 39.8 Å². The van der Waals surface area contributed by atoms with Crippen LogP contribution in [0.5, 0.6) is 5.75 Å². The Balaban J connectivity index is 1.68. The summed E-state index contributed by atoms with van der Waals surface area (Å²) in [5.74, 6) is 0.658. The molecule has 2 atom stereocenters. The lowest BCUT2D eigenvalue weighted by Gasteiger charge is -2.43. The quantitative estimate of drug-likeness (QED) is 0.350. The lowest BCUT2D eigenvalue weighted by atomic mass is 9.93. The van der Waals surface area contributed by atoms with Crippen LogP contribution < -0.4 is 10.1 Å². The summed E-state index contributed by atoms with van der Waals surface area (Å²) in [6, 6.07) is 5.93. The normalized spacial score (nSPS) is 21.9. The molecule has 1 aromatic carbocycles. The minimum absolute atomic E-state index is 0.0339. The number of ether oxygens (including phenoxy) is 1. The summed E-state index contributed by atoms with van der Waals surface area (Å²) in [7, 11) is 1.63. The van der Waals surface area contributed by atoms with E-state index in [1.165, 1.54) is 6.42 Å². The van der Waals surface area contributed by atoms with E-state index in [0.29, 0.717) is 16.7 Å². The topological polar surface area (TPSA) is 61.9 Å². The standard InChI is InChI=1S/C25H36BrN3O3S/c1-4-28(5-2)14-8-13-27-24(30)17-29-20-9-6-7-10-22(20)33-23(25(29)31)16-18-11-12-21(32-3)19(26)15-18/h11-12,15-16,20,22H,4-10,13-14,17H2,1-3H3,(H,27,30)/b23-16+. The van der Waals surface area contributed by atoms with Crippen LogP contribution in [0, 0.1) is 0 Å². The van der Waals surface area contributed by atoms with Crippen LogP contribution in [0.2, 0.25) is 0 Å². The van der Waals surface area contributed by atoms with Gasteiger partial charge in [-0.25, -0.2) is 0 Å². The molecule has 1 saturated carbocycles. The molecule has 2 fully saturated rings. The molecule has 0 spiro atoms. The lowest BCUT2D eigenvalue weighted by molar-refractivity contribution is -0.135. The molecule has 1 aliphatic heterocycles. The molecule has 1 aromatic rings. The summed E-state index contributed by atoms with van der Waals surface area (Å²) in [5.41, 5.74) is 0.939. The van der Waals surface area contributed by atoms with Crippen LogP contribution in [0.25, 0.3) is 6.08 Å². The van der Waals surface area contributed by atoms with E-state index in [0.717, 1.165) is 61.1 Å². The molecule has 1 saturated heterocycles. The number of amides is 2. The van der Waals surface area contributed by atoms with Gasteiger partial charge in [0.25, 0.3) is 5.91 Å². The molecule has 0 bridgehead atoms. The number of halogens is 1. The van der Waals surface area contributed by atoms with Gasteiger partial charge in [0.15, 0.2) is 0 Å². The highest BCUT2D eigenvalue weighted by atomic mass is 79.9. The number of methoxy groups -OCH3 is 1. The summed E-state index contributed by atoms with van der Waals surface area (Å²) in [6.07, 6.45) is 7.20.